The van der Waals surface area contributed by atoms with Gasteiger partial charge in [0.2, 0.25) is 0 Å². The van der Waals surface area contributed by atoms with Crippen LogP contribution in [0, 0.1) is 17.6 Å². The molecule has 2 rings (SSSR count). The SMILES string of the molecule is Cc1ccnc2c(SC#N)cccc12. The second-order valence-electron chi connectivity index (χ2n) is 2.97. The highest BCUT2D eigenvalue weighted by Gasteiger charge is 2.03. The molecule has 0 atom stereocenters. The van der Waals surface area contributed by atoms with Crippen LogP contribution in [0.4, 0.5) is 0 Å². The maximum absolute atomic E-state index is 8.63. The average Bonchev–Trinajstić information content (AvgIpc) is 2.20. The third-order valence-electron chi connectivity index (χ3n) is 2.11. The van der Waals surface area contributed by atoms with Gasteiger partial charge in [-0.05, 0) is 36.4 Å². The Labute approximate surface area is 86.6 Å². The molecule has 0 amide bonds. The number of nitriles is 1. The molecule has 2 nitrogen and oxygen atoms in total. The van der Waals surface area contributed by atoms with E-state index in [2.05, 4.69) is 10.4 Å². The van der Waals surface area contributed by atoms with E-state index in [1.807, 2.05) is 31.2 Å². The number of hydrogen-bond acceptors (Lipinski definition) is 3. The van der Waals surface area contributed by atoms with E-state index in [1.165, 1.54) is 5.56 Å². The molecule has 2 aromatic rings. The van der Waals surface area contributed by atoms with Crippen LogP contribution in [0.2, 0.25) is 0 Å². The van der Waals surface area contributed by atoms with Gasteiger partial charge in [0.15, 0.2) is 0 Å². The van der Waals surface area contributed by atoms with Crippen LogP contribution in [0.5, 0.6) is 0 Å². The number of nitrogens with zero attached hydrogens (tertiary/aromatic N) is 2. The van der Waals surface area contributed by atoms with Crippen molar-refractivity contribution in [1.29, 1.82) is 5.26 Å². The number of rotatable bonds is 1. The summed E-state index contributed by atoms with van der Waals surface area (Å²) in [6.45, 7) is 2.05. The number of aromatic nitrogens is 1. The Morgan fingerprint density at radius 3 is 3.00 bits per heavy atom. The number of thiocyanates is 1. The van der Waals surface area contributed by atoms with Crippen molar-refractivity contribution in [3.63, 3.8) is 0 Å². The minimum Gasteiger partial charge on any atom is -0.255 e. The topological polar surface area (TPSA) is 36.7 Å². The Morgan fingerprint density at radius 1 is 1.36 bits per heavy atom. The summed E-state index contributed by atoms with van der Waals surface area (Å²) in [5.41, 5.74) is 2.11. The zero-order valence-corrected chi connectivity index (χ0v) is 8.51. The number of para-hydroxylation sites is 1. The fourth-order valence-electron chi connectivity index (χ4n) is 1.42. The maximum Gasteiger partial charge on any atom is 0.138 e. The van der Waals surface area contributed by atoms with E-state index in [4.69, 9.17) is 5.26 Å². The molecule has 0 spiro atoms. The first-order valence-electron chi connectivity index (χ1n) is 4.23. The maximum atomic E-state index is 8.63. The van der Waals surface area contributed by atoms with Gasteiger partial charge in [-0.2, -0.15) is 5.26 Å². The first-order valence-corrected chi connectivity index (χ1v) is 5.05. The van der Waals surface area contributed by atoms with Crippen LogP contribution in [0.3, 0.4) is 0 Å². The second-order valence-corrected chi connectivity index (χ2v) is 3.80. The summed E-state index contributed by atoms with van der Waals surface area (Å²) in [7, 11) is 0. The lowest BCUT2D eigenvalue weighted by molar-refractivity contribution is 1.32. The van der Waals surface area contributed by atoms with E-state index in [9.17, 15) is 0 Å². The van der Waals surface area contributed by atoms with Gasteiger partial charge in [0, 0.05) is 16.5 Å². The van der Waals surface area contributed by atoms with Crippen molar-refractivity contribution >= 4 is 22.7 Å². The van der Waals surface area contributed by atoms with Crippen LogP contribution in [0.15, 0.2) is 35.4 Å². The number of aryl methyl sites for hydroxylation is 1. The predicted molar refractivity (Wildman–Crippen MR) is 58.0 cm³/mol. The quantitative estimate of drug-likeness (QED) is 0.524. The smallest absolute Gasteiger partial charge is 0.138 e. The molecule has 0 saturated heterocycles. The van der Waals surface area contributed by atoms with Crippen LogP contribution in [-0.2, 0) is 0 Å². The van der Waals surface area contributed by atoms with Gasteiger partial charge in [0.25, 0.3) is 0 Å². The molecular formula is C11H8N2S. The van der Waals surface area contributed by atoms with Gasteiger partial charge in [-0.25, -0.2) is 0 Å². The predicted octanol–water partition coefficient (Wildman–Crippen LogP) is 3.12. The van der Waals surface area contributed by atoms with Gasteiger partial charge in [0.05, 0.1) is 5.52 Å². The van der Waals surface area contributed by atoms with Crippen LogP contribution in [0.25, 0.3) is 10.9 Å². The van der Waals surface area contributed by atoms with E-state index >= 15 is 0 Å². The van der Waals surface area contributed by atoms with Crippen molar-refractivity contribution in [2.24, 2.45) is 0 Å². The molecule has 0 fully saturated rings. The van der Waals surface area contributed by atoms with Crippen molar-refractivity contribution in [3.8, 4) is 5.40 Å². The summed E-state index contributed by atoms with van der Waals surface area (Å²) in [5, 5.41) is 11.8. The Balaban J connectivity index is 2.76. The second kappa shape index (κ2) is 3.69. The molecule has 1 aromatic heterocycles. The molecule has 0 aliphatic rings. The van der Waals surface area contributed by atoms with Gasteiger partial charge in [-0.1, -0.05) is 12.1 Å². The van der Waals surface area contributed by atoms with Crippen molar-refractivity contribution < 1.29 is 0 Å². The van der Waals surface area contributed by atoms with E-state index < -0.39 is 0 Å². The summed E-state index contributed by atoms with van der Waals surface area (Å²) in [4.78, 5) is 5.21. The highest BCUT2D eigenvalue weighted by atomic mass is 32.2. The molecule has 0 saturated carbocycles. The highest BCUT2D eigenvalue weighted by Crippen LogP contribution is 2.26. The van der Waals surface area contributed by atoms with E-state index in [0.29, 0.717) is 0 Å². The fraction of sp³-hybridized carbons (Fsp3) is 0.0909. The molecule has 0 unspecified atom stereocenters. The summed E-state index contributed by atoms with van der Waals surface area (Å²) >= 11 is 1.16. The van der Waals surface area contributed by atoms with Gasteiger partial charge in [-0.3, -0.25) is 4.98 Å². The van der Waals surface area contributed by atoms with Gasteiger partial charge in [0.1, 0.15) is 5.40 Å². The van der Waals surface area contributed by atoms with E-state index in [1.54, 1.807) is 6.20 Å². The normalized spacial score (nSPS) is 10.0. The van der Waals surface area contributed by atoms with Gasteiger partial charge >= 0.3 is 0 Å². The zero-order chi connectivity index (χ0) is 9.97. The molecule has 68 valence electrons. The monoisotopic (exact) mass is 200 g/mol. The van der Waals surface area contributed by atoms with E-state index in [-0.39, 0.29) is 0 Å². The van der Waals surface area contributed by atoms with Crippen molar-refractivity contribution in [2.75, 3.05) is 0 Å². The zero-order valence-electron chi connectivity index (χ0n) is 7.69. The lowest BCUT2D eigenvalue weighted by atomic mass is 10.1. The van der Waals surface area contributed by atoms with Crippen molar-refractivity contribution in [3.05, 3.63) is 36.0 Å². The van der Waals surface area contributed by atoms with Crippen LogP contribution in [0.1, 0.15) is 5.56 Å². The fourth-order valence-corrected chi connectivity index (χ4v) is 1.92. The minimum atomic E-state index is 0.916. The Kier molecular flexibility index (Phi) is 2.38. The number of hydrogen-bond donors (Lipinski definition) is 0. The number of fused-ring (bicyclic) bond motifs is 1. The van der Waals surface area contributed by atoms with Crippen LogP contribution < -0.4 is 0 Å². The minimum absolute atomic E-state index is 0.916. The van der Waals surface area contributed by atoms with Crippen molar-refractivity contribution in [1.82, 2.24) is 4.98 Å². The molecule has 0 aliphatic heterocycles. The summed E-state index contributed by atoms with van der Waals surface area (Å²) in [5.74, 6) is 0. The highest BCUT2D eigenvalue weighted by molar-refractivity contribution is 8.04. The summed E-state index contributed by atoms with van der Waals surface area (Å²) in [6, 6.07) is 7.88. The third-order valence-corrected chi connectivity index (χ3v) is 2.75. The first-order chi connectivity index (χ1) is 6.83. The molecule has 14 heavy (non-hydrogen) atoms. The molecule has 0 aliphatic carbocycles. The first kappa shape index (κ1) is 9.04. The lowest BCUT2D eigenvalue weighted by Crippen LogP contribution is -1.84. The molecular weight excluding hydrogens is 192 g/mol. The van der Waals surface area contributed by atoms with Crippen molar-refractivity contribution in [2.45, 2.75) is 11.8 Å². The van der Waals surface area contributed by atoms with Crippen LogP contribution in [-0.4, -0.2) is 4.98 Å². The molecule has 0 bridgehead atoms. The largest absolute Gasteiger partial charge is 0.255 e. The molecule has 0 radical (unpaired) electrons. The molecule has 3 heteroatoms. The standard InChI is InChI=1S/C11H8N2S/c1-8-5-6-13-11-9(8)3-2-4-10(11)14-7-12/h2-6H,1H3. The van der Waals surface area contributed by atoms with Gasteiger partial charge in [-0.15, -0.1) is 0 Å². The number of thioether (sulfide) groups is 1. The molecule has 1 heterocycles. The number of pyridine rings is 1. The molecule has 0 N–H and O–H groups in total. The number of benzene rings is 1. The Morgan fingerprint density at radius 2 is 2.21 bits per heavy atom. The molecule has 1 aromatic carbocycles. The lowest BCUT2D eigenvalue weighted by Gasteiger charge is -2.03. The van der Waals surface area contributed by atoms with E-state index in [0.717, 1.165) is 27.6 Å². The Hall–Kier alpha value is -1.53. The van der Waals surface area contributed by atoms with Gasteiger partial charge < -0.3 is 0 Å². The summed E-state index contributed by atoms with van der Waals surface area (Å²) in [6.07, 6.45) is 1.78. The van der Waals surface area contributed by atoms with Crippen LogP contribution >= 0.6 is 11.8 Å². The average molecular weight is 200 g/mol. The summed E-state index contributed by atoms with van der Waals surface area (Å²) < 4.78 is 0. The third kappa shape index (κ3) is 1.45. The Bertz CT molecular complexity index is 514.